The van der Waals surface area contributed by atoms with E-state index in [0.29, 0.717) is 22.5 Å². The molecule has 0 aliphatic heterocycles. The number of nitrogens with zero attached hydrogens (tertiary/aromatic N) is 4. The molecule has 0 bridgehead atoms. The lowest BCUT2D eigenvalue weighted by atomic mass is 10.0. The molecule has 154 valence electrons. The molecule has 0 fully saturated rings. The second kappa shape index (κ2) is 7.79. The van der Waals surface area contributed by atoms with Gasteiger partial charge in [0.15, 0.2) is 0 Å². The Morgan fingerprint density at radius 1 is 0.935 bits per heavy atom. The van der Waals surface area contributed by atoms with Crippen molar-refractivity contribution >= 4 is 22.3 Å². The van der Waals surface area contributed by atoms with E-state index in [9.17, 15) is 25.0 Å². The largest absolute Gasteiger partial charge is 0.292 e. The lowest BCUT2D eigenvalue weighted by molar-refractivity contribution is -0.384. The average molecular weight is 416 g/mol. The van der Waals surface area contributed by atoms with Crippen LogP contribution in [0.4, 0.5) is 11.4 Å². The molecule has 31 heavy (non-hydrogen) atoms. The summed E-state index contributed by atoms with van der Waals surface area (Å²) >= 11 is 0. The van der Waals surface area contributed by atoms with Crippen LogP contribution < -0.4 is 5.56 Å². The normalized spacial score (nSPS) is 10.9. The zero-order valence-corrected chi connectivity index (χ0v) is 16.4. The summed E-state index contributed by atoms with van der Waals surface area (Å²) in [5, 5.41) is 22.5. The number of aryl methyl sites for hydroxylation is 1. The number of hydrogen-bond acceptors (Lipinski definition) is 6. The van der Waals surface area contributed by atoms with Crippen molar-refractivity contribution in [3.05, 3.63) is 109 Å². The van der Waals surface area contributed by atoms with Crippen LogP contribution in [0, 0.1) is 27.2 Å². The summed E-state index contributed by atoms with van der Waals surface area (Å²) in [6.45, 7) is 1.91. The van der Waals surface area contributed by atoms with Gasteiger partial charge in [-0.15, -0.1) is 0 Å². The molecule has 4 rings (SSSR count). The molecule has 4 aromatic rings. The predicted molar refractivity (Wildman–Crippen MR) is 115 cm³/mol. The zero-order chi connectivity index (χ0) is 22.1. The van der Waals surface area contributed by atoms with Crippen LogP contribution >= 0.6 is 0 Å². The maximum absolute atomic E-state index is 13.0. The molecule has 0 atom stereocenters. The lowest BCUT2D eigenvalue weighted by Crippen LogP contribution is -2.24. The summed E-state index contributed by atoms with van der Waals surface area (Å²) in [6, 6.07) is 17.6. The fourth-order valence-corrected chi connectivity index (χ4v) is 3.47. The molecule has 0 amide bonds. The van der Waals surface area contributed by atoms with Gasteiger partial charge in [-0.1, -0.05) is 36.4 Å². The number of nitro benzene ring substituents is 2. The molecule has 0 saturated heterocycles. The van der Waals surface area contributed by atoms with Gasteiger partial charge >= 0.3 is 0 Å². The van der Waals surface area contributed by atoms with Crippen LogP contribution in [0.1, 0.15) is 11.4 Å². The van der Waals surface area contributed by atoms with Gasteiger partial charge < -0.3 is 0 Å². The number of hydrogen-bond donors (Lipinski definition) is 0. The topological polar surface area (TPSA) is 121 Å². The number of nitro groups is 2. The predicted octanol–water partition coefficient (Wildman–Crippen LogP) is 4.24. The van der Waals surface area contributed by atoms with E-state index in [1.54, 1.807) is 49.4 Å². The molecule has 0 unspecified atom stereocenters. The first-order valence-corrected chi connectivity index (χ1v) is 9.33. The Labute approximate surface area is 175 Å². The number of non-ortho nitro benzene ring substituents is 1. The highest BCUT2D eigenvalue weighted by Crippen LogP contribution is 2.29. The molecule has 1 aromatic heterocycles. The Balaban J connectivity index is 1.71. The SMILES string of the molecule is Cc1nc2ccc([N+](=O)[O-])cc2c(=O)n1Cc1ccc(-c2ccccc2[N+](=O)[O-])cc1. The monoisotopic (exact) mass is 416 g/mol. The number of para-hydroxylation sites is 1. The molecule has 9 heteroatoms. The second-order valence-corrected chi connectivity index (χ2v) is 6.98. The Morgan fingerprint density at radius 2 is 1.65 bits per heavy atom. The molecule has 9 nitrogen and oxygen atoms in total. The van der Waals surface area contributed by atoms with Crippen LogP contribution in [0.2, 0.25) is 0 Å². The smallest absolute Gasteiger partial charge is 0.277 e. The fraction of sp³-hybridized carbons (Fsp3) is 0.0909. The second-order valence-electron chi connectivity index (χ2n) is 6.98. The molecule has 0 saturated carbocycles. The van der Waals surface area contributed by atoms with E-state index in [4.69, 9.17) is 0 Å². The van der Waals surface area contributed by atoms with Crippen LogP contribution in [-0.2, 0) is 6.54 Å². The molecule has 0 N–H and O–H groups in total. The van der Waals surface area contributed by atoms with Crippen molar-refractivity contribution < 1.29 is 9.85 Å². The third-order valence-electron chi connectivity index (χ3n) is 5.05. The Hall–Kier alpha value is -4.40. The maximum atomic E-state index is 13.0. The minimum atomic E-state index is -0.551. The molecular weight excluding hydrogens is 400 g/mol. The van der Waals surface area contributed by atoms with Crippen molar-refractivity contribution in [1.82, 2.24) is 9.55 Å². The van der Waals surface area contributed by atoms with Gasteiger partial charge in [-0.25, -0.2) is 4.98 Å². The highest BCUT2D eigenvalue weighted by molar-refractivity contribution is 5.80. The number of rotatable bonds is 5. The van der Waals surface area contributed by atoms with Crippen LogP contribution in [-0.4, -0.2) is 19.4 Å². The van der Waals surface area contributed by atoms with Crippen molar-refractivity contribution in [3.8, 4) is 11.1 Å². The average Bonchev–Trinajstić information content (AvgIpc) is 2.76. The van der Waals surface area contributed by atoms with Crippen LogP contribution in [0.3, 0.4) is 0 Å². The third kappa shape index (κ3) is 3.76. The van der Waals surface area contributed by atoms with E-state index in [0.717, 1.165) is 5.56 Å². The van der Waals surface area contributed by atoms with E-state index in [2.05, 4.69) is 4.98 Å². The van der Waals surface area contributed by atoms with Crippen LogP contribution in [0.25, 0.3) is 22.0 Å². The summed E-state index contributed by atoms with van der Waals surface area (Å²) in [7, 11) is 0. The summed E-state index contributed by atoms with van der Waals surface area (Å²) in [4.78, 5) is 38.7. The Kier molecular flexibility index (Phi) is 5.00. The summed E-state index contributed by atoms with van der Waals surface area (Å²) < 4.78 is 1.45. The van der Waals surface area contributed by atoms with Gasteiger partial charge in [0.1, 0.15) is 5.82 Å². The number of benzene rings is 3. The quantitative estimate of drug-likeness (QED) is 0.354. The zero-order valence-electron chi connectivity index (χ0n) is 16.4. The van der Waals surface area contributed by atoms with E-state index in [1.165, 1.54) is 28.8 Å². The van der Waals surface area contributed by atoms with Crippen molar-refractivity contribution in [1.29, 1.82) is 0 Å². The standard InChI is InChI=1S/C22H16N4O5/c1-14-23-20-11-10-17(25(28)29)12-19(20)22(27)24(14)13-15-6-8-16(9-7-15)18-4-2-3-5-21(18)26(30)31/h2-12H,13H2,1H3. The van der Waals surface area contributed by atoms with Gasteiger partial charge in [-0.2, -0.15) is 0 Å². The minimum absolute atomic E-state index is 0.0163. The van der Waals surface area contributed by atoms with Gasteiger partial charge in [0, 0.05) is 18.2 Å². The molecule has 0 aliphatic carbocycles. The highest BCUT2D eigenvalue weighted by atomic mass is 16.6. The van der Waals surface area contributed by atoms with Gasteiger partial charge in [0.05, 0.1) is 32.9 Å². The first-order valence-electron chi connectivity index (χ1n) is 9.33. The fourth-order valence-electron chi connectivity index (χ4n) is 3.47. The van der Waals surface area contributed by atoms with Crippen molar-refractivity contribution in [2.45, 2.75) is 13.5 Å². The van der Waals surface area contributed by atoms with Crippen LogP contribution in [0.5, 0.6) is 0 Å². The van der Waals surface area contributed by atoms with E-state index >= 15 is 0 Å². The lowest BCUT2D eigenvalue weighted by Gasteiger charge is -2.11. The van der Waals surface area contributed by atoms with Gasteiger partial charge in [-0.3, -0.25) is 29.6 Å². The molecule has 1 heterocycles. The summed E-state index contributed by atoms with van der Waals surface area (Å²) in [5.41, 5.74) is 1.86. The Morgan fingerprint density at radius 3 is 2.32 bits per heavy atom. The Bertz CT molecular complexity index is 1390. The van der Waals surface area contributed by atoms with Crippen LogP contribution in [0.15, 0.2) is 71.5 Å². The van der Waals surface area contributed by atoms with Gasteiger partial charge in [0.2, 0.25) is 0 Å². The molecule has 0 aliphatic rings. The minimum Gasteiger partial charge on any atom is -0.292 e. The first-order chi connectivity index (χ1) is 14.8. The molecular formula is C22H16N4O5. The van der Waals surface area contributed by atoms with Crippen molar-refractivity contribution in [3.63, 3.8) is 0 Å². The first kappa shape index (κ1) is 19.9. The van der Waals surface area contributed by atoms with Crippen molar-refractivity contribution in [2.24, 2.45) is 0 Å². The van der Waals surface area contributed by atoms with E-state index in [1.807, 2.05) is 0 Å². The maximum Gasteiger partial charge on any atom is 0.277 e. The molecule has 0 spiro atoms. The van der Waals surface area contributed by atoms with Crippen molar-refractivity contribution in [2.75, 3.05) is 0 Å². The summed E-state index contributed by atoms with van der Waals surface area (Å²) in [5.74, 6) is 0.481. The highest BCUT2D eigenvalue weighted by Gasteiger charge is 2.15. The van der Waals surface area contributed by atoms with Gasteiger partial charge in [0.25, 0.3) is 16.9 Å². The van der Waals surface area contributed by atoms with Gasteiger partial charge in [-0.05, 0) is 30.2 Å². The molecule has 0 radical (unpaired) electrons. The number of aromatic nitrogens is 2. The molecule has 3 aromatic carbocycles. The van der Waals surface area contributed by atoms with E-state index in [-0.39, 0.29) is 28.9 Å². The number of fused-ring (bicyclic) bond motifs is 1. The van der Waals surface area contributed by atoms with E-state index < -0.39 is 9.85 Å². The summed E-state index contributed by atoms with van der Waals surface area (Å²) in [6.07, 6.45) is 0. The third-order valence-corrected chi connectivity index (χ3v) is 5.05.